The van der Waals surface area contributed by atoms with Crippen molar-refractivity contribution in [2.45, 2.75) is 84.5 Å². The van der Waals surface area contributed by atoms with E-state index in [0.717, 1.165) is 30.3 Å². The number of ether oxygens (including phenoxy) is 1. The van der Waals surface area contributed by atoms with Gasteiger partial charge in [0.15, 0.2) is 0 Å². The maximum atomic E-state index is 5.73. The Bertz CT molecular complexity index is 697. The molecule has 1 aliphatic rings. The van der Waals surface area contributed by atoms with Gasteiger partial charge in [0.05, 0.1) is 6.61 Å². The summed E-state index contributed by atoms with van der Waals surface area (Å²) in [5.74, 6) is 15.3. The van der Waals surface area contributed by atoms with Crippen molar-refractivity contribution in [3.8, 4) is 29.4 Å². The van der Waals surface area contributed by atoms with Gasteiger partial charge in [-0.05, 0) is 74.4 Å². The van der Waals surface area contributed by atoms with E-state index < -0.39 is 0 Å². The van der Waals surface area contributed by atoms with E-state index in [1.165, 1.54) is 64.2 Å². The second kappa shape index (κ2) is 14.8. The molecule has 1 heteroatoms. The summed E-state index contributed by atoms with van der Waals surface area (Å²) in [4.78, 5) is 0. The van der Waals surface area contributed by atoms with Gasteiger partial charge in [-0.15, -0.1) is 0 Å². The Morgan fingerprint density at radius 1 is 0.862 bits per heavy atom. The second-order valence-electron chi connectivity index (χ2n) is 8.18. The third kappa shape index (κ3) is 10.3. The van der Waals surface area contributed by atoms with Gasteiger partial charge in [-0.3, -0.25) is 0 Å². The molecule has 0 bridgehead atoms. The van der Waals surface area contributed by atoms with Crippen molar-refractivity contribution in [1.82, 2.24) is 0 Å². The normalized spacial score (nSPS) is 18.6. The van der Waals surface area contributed by atoms with Gasteiger partial charge in [0.2, 0.25) is 0 Å². The Balaban J connectivity index is 1.67. The SMILES string of the molecule is CCCCCOc1ccc(C#C/C=C/C#CC2CCC(CCCCC)CC2)cc1. The largest absolute Gasteiger partial charge is 0.494 e. The quantitative estimate of drug-likeness (QED) is 0.312. The lowest BCUT2D eigenvalue weighted by Crippen LogP contribution is -2.13. The van der Waals surface area contributed by atoms with E-state index in [-0.39, 0.29) is 0 Å². The van der Waals surface area contributed by atoms with E-state index in [9.17, 15) is 0 Å². The zero-order chi connectivity index (χ0) is 20.6. The molecule has 0 atom stereocenters. The molecule has 0 N–H and O–H groups in total. The van der Waals surface area contributed by atoms with Crippen LogP contribution in [0.4, 0.5) is 0 Å². The predicted molar refractivity (Wildman–Crippen MR) is 125 cm³/mol. The molecule has 0 heterocycles. The van der Waals surface area contributed by atoms with E-state index in [0.29, 0.717) is 5.92 Å². The minimum atomic E-state index is 0.583. The minimum Gasteiger partial charge on any atom is -0.494 e. The molecule has 0 saturated heterocycles. The lowest BCUT2D eigenvalue weighted by molar-refractivity contribution is 0.294. The van der Waals surface area contributed by atoms with E-state index in [4.69, 9.17) is 4.74 Å². The van der Waals surface area contributed by atoms with Crippen LogP contribution in [0.25, 0.3) is 0 Å². The minimum absolute atomic E-state index is 0.583. The third-order valence-corrected chi connectivity index (χ3v) is 5.69. The van der Waals surface area contributed by atoms with Gasteiger partial charge in [-0.25, -0.2) is 0 Å². The average molecular weight is 391 g/mol. The summed E-state index contributed by atoms with van der Waals surface area (Å²) in [5, 5.41) is 0. The number of rotatable bonds is 9. The second-order valence-corrected chi connectivity index (χ2v) is 8.18. The number of unbranched alkanes of at least 4 members (excludes halogenated alkanes) is 4. The molecule has 29 heavy (non-hydrogen) atoms. The molecule has 0 spiro atoms. The molecule has 1 aliphatic carbocycles. The summed E-state index contributed by atoms with van der Waals surface area (Å²) in [6, 6.07) is 8.03. The van der Waals surface area contributed by atoms with E-state index in [2.05, 4.69) is 37.5 Å². The van der Waals surface area contributed by atoms with E-state index >= 15 is 0 Å². The van der Waals surface area contributed by atoms with Gasteiger partial charge in [0.25, 0.3) is 0 Å². The van der Waals surface area contributed by atoms with Crippen LogP contribution in [0.3, 0.4) is 0 Å². The van der Waals surface area contributed by atoms with Gasteiger partial charge in [0, 0.05) is 11.5 Å². The summed E-state index contributed by atoms with van der Waals surface area (Å²) in [7, 11) is 0. The smallest absolute Gasteiger partial charge is 0.119 e. The first kappa shape index (κ1) is 23.2. The van der Waals surface area contributed by atoms with Gasteiger partial charge < -0.3 is 4.74 Å². The molecule has 1 nitrogen and oxygen atoms in total. The van der Waals surface area contributed by atoms with Crippen molar-refractivity contribution in [1.29, 1.82) is 0 Å². The van der Waals surface area contributed by atoms with Gasteiger partial charge in [-0.1, -0.05) is 76.1 Å². The molecular weight excluding hydrogens is 352 g/mol. The highest BCUT2D eigenvalue weighted by Crippen LogP contribution is 2.31. The Kier molecular flexibility index (Phi) is 11.8. The van der Waals surface area contributed by atoms with Crippen LogP contribution in [0.1, 0.15) is 90.0 Å². The molecule has 0 aliphatic heterocycles. The molecule has 0 unspecified atom stereocenters. The van der Waals surface area contributed by atoms with Gasteiger partial charge >= 0.3 is 0 Å². The van der Waals surface area contributed by atoms with E-state index in [1.807, 2.05) is 36.4 Å². The van der Waals surface area contributed by atoms with E-state index in [1.54, 1.807) is 0 Å². The summed E-state index contributed by atoms with van der Waals surface area (Å²) < 4.78 is 5.73. The molecule has 0 aromatic heterocycles. The number of allylic oxidation sites excluding steroid dienone is 2. The van der Waals surface area contributed by atoms with Crippen molar-refractivity contribution in [3.63, 3.8) is 0 Å². The molecule has 1 aromatic rings. The van der Waals surface area contributed by atoms with Crippen molar-refractivity contribution in [2.24, 2.45) is 11.8 Å². The molecule has 1 saturated carbocycles. The fourth-order valence-corrected chi connectivity index (χ4v) is 3.83. The lowest BCUT2D eigenvalue weighted by atomic mass is 9.80. The van der Waals surface area contributed by atoms with Crippen LogP contribution >= 0.6 is 0 Å². The summed E-state index contributed by atoms with van der Waals surface area (Å²) in [6.07, 6.45) is 18.1. The monoisotopic (exact) mass is 390 g/mol. The topological polar surface area (TPSA) is 9.23 Å². The summed E-state index contributed by atoms with van der Waals surface area (Å²) in [6.45, 7) is 5.28. The van der Waals surface area contributed by atoms with Gasteiger partial charge in [0.1, 0.15) is 5.75 Å². The molecule has 156 valence electrons. The number of hydrogen-bond acceptors (Lipinski definition) is 1. The van der Waals surface area contributed by atoms with Crippen molar-refractivity contribution < 1.29 is 4.74 Å². The van der Waals surface area contributed by atoms with Crippen LogP contribution in [0.2, 0.25) is 0 Å². The third-order valence-electron chi connectivity index (χ3n) is 5.69. The van der Waals surface area contributed by atoms with Gasteiger partial charge in [-0.2, -0.15) is 0 Å². The fourth-order valence-electron chi connectivity index (χ4n) is 3.83. The highest BCUT2D eigenvalue weighted by atomic mass is 16.5. The predicted octanol–water partition coefficient (Wildman–Crippen LogP) is 7.55. The molecule has 1 aromatic carbocycles. The molecule has 1 fully saturated rings. The summed E-state index contributed by atoms with van der Waals surface area (Å²) in [5.41, 5.74) is 1.00. The number of hydrogen-bond donors (Lipinski definition) is 0. The van der Waals surface area contributed by atoms with Crippen molar-refractivity contribution >= 4 is 0 Å². The van der Waals surface area contributed by atoms with Crippen LogP contribution in [0, 0.1) is 35.5 Å². The van der Waals surface area contributed by atoms with Crippen LogP contribution in [-0.2, 0) is 0 Å². The maximum Gasteiger partial charge on any atom is 0.119 e. The van der Waals surface area contributed by atoms with Crippen LogP contribution in [0.5, 0.6) is 5.75 Å². The lowest BCUT2D eigenvalue weighted by Gasteiger charge is -2.25. The Morgan fingerprint density at radius 2 is 1.55 bits per heavy atom. The van der Waals surface area contributed by atoms with Crippen molar-refractivity contribution in [2.75, 3.05) is 6.61 Å². The zero-order valence-corrected chi connectivity index (χ0v) is 18.5. The molecular formula is C28H38O. The Morgan fingerprint density at radius 3 is 2.28 bits per heavy atom. The van der Waals surface area contributed by atoms with Crippen molar-refractivity contribution in [3.05, 3.63) is 42.0 Å². The van der Waals surface area contributed by atoms with Crippen LogP contribution in [-0.4, -0.2) is 6.61 Å². The standard InChI is InChI=1S/C28H38O/c1-3-5-9-13-25-16-18-26(19-17-25)14-10-7-8-11-15-27-20-22-28(23-21-27)29-24-12-6-4-2/h7-8,20-23,25-26H,3-6,9,12-13,16-19,24H2,1-2H3/b8-7+. The first-order valence-electron chi connectivity index (χ1n) is 11.7. The van der Waals surface area contributed by atoms with Crippen LogP contribution in [0.15, 0.2) is 36.4 Å². The molecule has 0 amide bonds. The average Bonchev–Trinajstić information content (AvgIpc) is 2.76. The highest BCUT2D eigenvalue weighted by Gasteiger charge is 2.19. The highest BCUT2D eigenvalue weighted by molar-refractivity contribution is 5.40. The Hall–Kier alpha value is -2.12. The van der Waals surface area contributed by atoms with Crippen LogP contribution < -0.4 is 4.74 Å². The summed E-state index contributed by atoms with van der Waals surface area (Å²) >= 11 is 0. The molecule has 2 rings (SSSR count). The maximum absolute atomic E-state index is 5.73. The Labute approximate surface area is 179 Å². The first-order chi connectivity index (χ1) is 14.3. The first-order valence-corrected chi connectivity index (χ1v) is 11.7. The number of benzene rings is 1. The fraction of sp³-hybridized carbons (Fsp3) is 0.571. The zero-order valence-electron chi connectivity index (χ0n) is 18.5. The molecule has 0 radical (unpaired) electrons.